The molecular weight excluding hydrogens is 314 g/mol. The van der Waals surface area contributed by atoms with E-state index in [-0.39, 0.29) is 18.1 Å². The lowest BCUT2D eigenvalue weighted by Crippen LogP contribution is -2.42. The second-order valence-corrected chi connectivity index (χ2v) is 7.27. The van der Waals surface area contributed by atoms with Gasteiger partial charge >= 0.3 is 0 Å². The third-order valence-electron chi connectivity index (χ3n) is 5.23. The summed E-state index contributed by atoms with van der Waals surface area (Å²) in [6.07, 6.45) is 4.40. The molecule has 2 atom stereocenters. The monoisotopic (exact) mass is 339 g/mol. The second-order valence-electron chi connectivity index (χ2n) is 7.27. The Morgan fingerprint density at radius 1 is 1.16 bits per heavy atom. The van der Waals surface area contributed by atoms with Crippen molar-refractivity contribution in [3.63, 3.8) is 0 Å². The van der Waals surface area contributed by atoms with Crippen LogP contribution < -0.4 is 0 Å². The maximum atomic E-state index is 12.9. The number of hydrogen-bond acceptors (Lipinski definition) is 3. The summed E-state index contributed by atoms with van der Waals surface area (Å²) in [6.45, 7) is 3.42. The Bertz CT molecular complexity index is 720. The summed E-state index contributed by atoms with van der Waals surface area (Å²) in [7, 11) is 0. The van der Waals surface area contributed by atoms with E-state index < -0.39 is 0 Å². The molecule has 0 unspecified atom stereocenters. The minimum absolute atomic E-state index is 0.0217. The second kappa shape index (κ2) is 7.04. The van der Waals surface area contributed by atoms with E-state index in [4.69, 9.17) is 9.15 Å². The van der Waals surface area contributed by atoms with Crippen molar-refractivity contribution in [2.75, 3.05) is 13.2 Å². The van der Waals surface area contributed by atoms with Crippen molar-refractivity contribution in [3.8, 4) is 0 Å². The van der Waals surface area contributed by atoms with E-state index in [1.807, 2.05) is 36.1 Å². The van der Waals surface area contributed by atoms with Crippen LogP contribution in [0.4, 0.5) is 0 Å². The summed E-state index contributed by atoms with van der Waals surface area (Å²) < 4.78 is 11.8. The molecule has 1 saturated carbocycles. The Kier molecular flexibility index (Phi) is 4.62. The number of carbonyl (C=O) groups is 1. The van der Waals surface area contributed by atoms with Crippen LogP contribution in [0.5, 0.6) is 0 Å². The van der Waals surface area contributed by atoms with Crippen LogP contribution in [0, 0.1) is 12.8 Å². The Morgan fingerprint density at radius 2 is 1.96 bits per heavy atom. The number of nitrogens with zero attached hydrogens (tertiary/aromatic N) is 1. The smallest absolute Gasteiger partial charge is 0.289 e. The first-order valence-electron chi connectivity index (χ1n) is 9.23. The van der Waals surface area contributed by atoms with Crippen LogP contribution in [0.25, 0.3) is 0 Å². The molecule has 4 nitrogen and oxygen atoms in total. The molecular formula is C21H25NO3. The molecule has 2 heterocycles. The number of rotatable bonds is 6. The molecule has 2 aromatic rings. The third-order valence-corrected chi connectivity index (χ3v) is 5.23. The first-order chi connectivity index (χ1) is 12.2. The molecule has 4 rings (SSSR count). The van der Waals surface area contributed by atoms with Gasteiger partial charge in [0.25, 0.3) is 5.91 Å². The van der Waals surface area contributed by atoms with E-state index in [1.165, 1.54) is 18.4 Å². The Labute approximate surface area is 148 Å². The highest BCUT2D eigenvalue weighted by Crippen LogP contribution is 2.32. The lowest BCUT2D eigenvalue weighted by Gasteiger charge is -2.28. The zero-order valence-corrected chi connectivity index (χ0v) is 14.7. The lowest BCUT2D eigenvalue weighted by molar-refractivity contribution is 0.0192. The topological polar surface area (TPSA) is 42.7 Å². The zero-order valence-electron chi connectivity index (χ0n) is 14.7. The van der Waals surface area contributed by atoms with Gasteiger partial charge in [-0.1, -0.05) is 30.3 Å². The van der Waals surface area contributed by atoms with Gasteiger partial charge in [-0.25, -0.2) is 0 Å². The van der Waals surface area contributed by atoms with Crippen molar-refractivity contribution in [3.05, 3.63) is 59.5 Å². The van der Waals surface area contributed by atoms with Gasteiger partial charge in [-0.15, -0.1) is 0 Å². The fourth-order valence-corrected chi connectivity index (χ4v) is 3.60. The predicted molar refractivity (Wildman–Crippen MR) is 95.5 cm³/mol. The average molecular weight is 339 g/mol. The van der Waals surface area contributed by atoms with E-state index in [0.717, 1.165) is 37.7 Å². The molecule has 1 aliphatic carbocycles. The summed E-state index contributed by atoms with van der Waals surface area (Å²) >= 11 is 0. The number of amides is 1. The fourth-order valence-electron chi connectivity index (χ4n) is 3.60. The number of furan rings is 1. The van der Waals surface area contributed by atoms with Crippen LogP contribution in [0.1, 0.15) is 41.1 Å². The van der Waals surface area contributed by atoms with Crippen LogP contribution >= 0.6 is 0 Å². The molecule has 0 bridgehead atoms. The molecule has 25 heavy (non-hydrogen) atoms. The average Bonchev–Trinajstić information content (AvgIpc) is 3.23. The van der Waals surface area contributed by atoms with Crippen molar-refractivity contribution in [2.45, 2.75) is 44.8 Å². The number of aryl methyl sites for hydroxylation is 1. The van der Waals surface area contributed by atoms with Gasteiger partial charge in [0.15, 0.2) is 5.76 Å². The molecule has 1 aromatic heterocycles. The first-order valence-corrected chi connectivity index (χ1v) is 9.23. The van der Waals surface area contributed by atoms with Crippen LogP contribution in [0.2, 0.25) is 0 Å². The number of ether oxygens (including phenoxy) is 1. The molecule has 2 aliphatic rings. The first kappa shape index (κ1) is 16.4. The minimum Gasteiger partial charge on any atom is -0.456 e. The molecule has 1 aliphatic heterocycles. The summed E-state index contributed by atoms with van der Waals surface area (Å²) in [6, 6.07) is 14.0. The third kappa shape index (κ3) is 3.79. The van der Waals surface area contributed by atoms with Crippen molar-refractivity contribution in [1.82, 2.24) is 4.90 Å². The van der Waals surface area contributed by atoms with E-state index in [1.54, 1.807) is 6.07 Å². The summed E-state index contributed by atoms with van der Waals surface area (Å²) in [5.74, 6) is 1.91. The number of likely N-dealkylation sites (tertiary alicyclic amines) is 1. The molecule has 1 saturated heterocycles. The van der Waals surface area contributed by atoms with E-state index >= 15 is 0 Å². The van der Waals surface area contributed by atoms with Gasteiger partial charge < -0.3 is 14.1 Å². The van der Waals surface area contributed by atoms with E-state index in [9.17, 15) is 4.79 Å². The van der Waals surface area contributed by atoms with Crippen LogP contribution in [0.15, 0.2) is 46.9 Å². The molecule has 2 fully saturated rings. The van der Waals surface area contributed by atoms with Crippen LogP contribution in [0.3, 0.4) is 0 Å². The molecule has 0 N–H and O–H groups in total. The SMILES string of the molecule is Cc1ccc(C(=O)N2CC[C@@H](OCC3CC3)[C@@H]2Cc2ccccc2)o1. The van der Waals surface area contributed by atoms with Crippen molar-refractivity contribution < 1.29 is 13.9 Å². The van der Waals surface area contributed by atoms with Gasteiger partial charge in [0.1, 0.15) is 5.76 Å². The zero-order chi connectivity index (χ0) is 17.2. The fraction of sp³-hybridized carbons (Fsp3) is 0.476. The Balaban J connectivity index is 1.52. The van der Waals surface area contributed by atoms with E-state index in [0.29, 0.717) is 5.76 Å². The molecule has 132 valence electrons. The Hall–Kier alpha value is -2.07. The predicted octanol–water partition coefficient (Wildman–Crippen LogP) is 3.84. The van der Waals surface area contributed by atoms with Crippen LogP contribution in [-0.2, 0) is 11.2 Å². The molecule has 0 spiro atoms. The van der Waals surface area contributed by atoms with Gasteiger partial charge in [-0.3, -0.25) is 4.79 Å². The minimum atomic E-state index is -0.0217. The largest absolute Gasteiger partial charge is 0.456 e. The quantitative estimate of drug-likeness (QED) is 0.803. The highest BCUT2D eigenvalue weighted by Gasteiger charge is 2.39. The van der Waals surface area contributed by atoms with Crippen LogP contribution in [-0.4, -0.2) is 36.1 Å². The van der Waals surface area contributed by atoms with Gasteiger partial charge in [0.2, 0.25) is 0 Å². The highest BCUT2D eigenvalue weighted by atomic mass is 16.5. The maximum Gasteiger partial charge on any atom is 0.289 e. The van der Waals surface area contributed by atoms with Crippen molar-refractivity contribution in [1.29, 1.82) is 0 Å². The normalized spacial score (nSPS) is 23.2. The van der Waals surface area contributed by atoms with Gasteiger partial charge in [-0.2, -0.15) is 0 Å². The van der Waals surface area contributed by atoms with Gasteiger partial charge in [-0.05, 0) is 56.2 Å². The summed E-state index contributed by atoms with van der Waals surface area (Å²) in [5.41, 5.74) is 1.24. The Morgan fingerprint density at radius 3 is 2.64 bits per heavy atom. The lowest BCUT2D eigenvalue weighted by atomic mass is 10.0. The number of hydrogen-bond donors (Lipinski definition) is 0. The van der Waals surface area contributed by atoms with Gasteiger partial charge in [0.05, 0.1) is 12.1 Å². The van der Waals surface area contributed by atoms with Crippen molar-refractivity contribution >= 4 is 5.91 Å². The maximum absolute atomic E-state index is 12.9. The molecule has 1 amide bonds. The van der Waals surface area contributed by atoms with Gasteiger partial charge in [0, 0.05) is 13.2 Å². The molecule has 1 aromatic carbocycles. The number of carbonyl (C=O) groups excluding carboxylic acids is 1. The molecule has 0 radical (unpaired) electrons. The van der Waals surface area contributed by atoms with E-state index in [2.05, 4.69) is 12.1 Å². The standard InChI is InChI=1S/C21H25NO3/c1-15-7-10-20(25-15)21(23)22-12-11-19(24-14-17-8-9-17)18(22)13-16-5-3-2-4-6-16/h2-7,10,17-19H,8-9,11-14H2,1H3/t18-,19+/m0/s1. The number of benzene rings is 1. The summed E-state index contributed by atoms with van der Waals surface area (Å²) in [4.78, 5) is 14.9. The highest BCUT2D eigenvalue weighted by molar-refractivity contribution is 5.92. The molecule has 4 heteroatoms. The summed E-state index contributed by atoms with van der Waals surface area (Å²) in [5, 5.41) is 0. The van der Waals surface area contributed by atoms with Crippen molar-refractivity contribution in [2.24, 2.45) is 5.92 Å².